The van der Waals surface area contributed by atoms with Crippen LogP contribution in [0.3, 0.4) is 0 Å². The van der Waals surface area contributed by atoms with Crippen LogP contribution in [0.1, 0.15) is 6.42 Å². The Hall–Kier alpha value is -0.620. The number of benzene rings is 1. The molecule has 0 aromatic heterocycles. The van der Waals surface area contributed by atoms with Crippen molar-refractivity contribution in [2.75, 3.05) is 19.0 Å². The predicted molar refractivity (Wildman–Crippen MR) is 68.4 cm³/mol. The van der Waals surface area contributed by atoms with E-state index in [2.05, 4.69) is 0 Å². The van der Waals surface area contributed by atoms with Crippen LogP contribution in [0.25, 0.3) is 0 Å². The zero-order valence-corrected chi connectivity index (χ0v) is 11.3. The summed E-state index contributed by atoms with van der Waals surface area (Å²) in [4.78, 5) is 0.0737. The van der Waals surface area contributed by atoms with E-state index in [1.165, 1.54) is 12.1 Å². The van der Waals surface area contributed by atoms with Crippen molar-refractivity contribution < 1.29 is 18.3 Å². The number of hydrogen-bond donors (Lipinski definition) is 1. The van der Waals surface area contributed by atoms with Gasteiger partial charge >= 0.3 is 0 Å². The maximum absolute atomic E-state index is 12.1. The van der Waals surface area contributed by atoms with Gasteiger partial charge in [0.2, 0.25) is 0 Å². The van der Waals surface area contributed by atoms with Crippen LogP contribution >= 0.6 is 11.6 Å². The summed E-state index contributed by atoms with van der Waals surface area (Å²) >= 11 is 5.87. The molecule has 0 amide bonds. The average Bonchev–Trinajstić information content (AvgIpc) is 2.82. The Kier molecular flexibility index (Phi) is 4.27. The van der Waals surface area contributed by atoms with Crippen molar-refractivity contribution in [2.24, 2.45) is 5.92 Å². The first-order valence-corrected chi connectivity index (χ1v) is 7.77. The van der Waals surface area contributed by atoms with E-state index in [-0.39, 0.29) is 21.6 Å². The summed E-state index contributed by atoms with van der Waals surface area (Å²) in [5.74, 6) is -0.424. The van der Waals surface area contributed by atoms with Crippen molar-refractivity contribution in [1.29, 1.82) is 0 Å². The fraction of sp³-hybridized carbons (Fsp3) is 0.500. The molecule has 2 atom stereocenters. The second-order valence-corrected chi connectivity index (χ2v) is 6.81. The van der Waals surface area contributed by atoms with Gasteiger partial charge in [-0.3, -0.25) is 0 Å². The second kappa shape index (κ2) is 5.57. The molecular formula is C12H15ClO4S. The minimum atomic E-state index is -3.57. The zero-order chi connectivity index (χ0) is 13.2. The first-order valence-electron chi connectivity index (χ1n) is 5.74. The lowest BCUT2D eigenvalue weighted by Gasteiger charge is -2.16. The molecule has 18 heavy (non-hydrogen) atoms. The molecule has 4 nitrogen and oxygen atoms in total. The molecule has 0 saturated carbocycles. The lowest BCUT2D eigenvalue weighted by atomic mass is 10.0. The first kappa shape index (κ1) is 13.8. The van der Waals surface area contributed by atoms with E-state index in [9.17, 15) is 13.5 Å². The van der Waals surface area contributed by atoms with E-state index in [1.807, 2.05) is 0 Å². The Morgan fingerprint density at radius 1 is 1.44 bits per heavy atom. The predicted octanol–water partition coefficient (Wildman–Crippen LogP) is 1.51. The Labute approximate surface area is 111 Å². The fourth-order valence-electron chi connectivity index (χ4n) is 2.00. The van der Waals surface area contributed by atoms with Crippen molar-refractivity contribution in [3.05, 3.63) is 29.3 Å². The Balaban J connectivity index is 2.14. The summed E-state index contributed by atoms with van der Waals surface area (Å²) < 4.78 is 29.4. The van der Waals surface area contributed by atoms with Gasteiger partial charge < -0.3 is 9.84 Å². The number of aliphatic hydroxyl groups excluding tert-OH is 1. The molecule has 0 radical (unpaired) electrons. The van der Waals surface area contributed by atoms with Crippen LogP contribution < -0.4 is 0 Å². The molecule has 0 aliphatic carbocycles. The molecule has 1 aliphatic heterocycles. The monoisotopic (exact) mass is 290 g/mol. The third kappa shape index (κ3) is 3.03. The summed E-state index contributed by atoms with van der Waals surface area (Å²) in [6.07, 6.45) is -0.215. The van der Waals surface area contributed by atoms with Crippen LogP contribution in [0, 0.1) is 5.92 Å². The van der Waals surface area contributed by atoms with Crippen LogP contribution in [0.5, 0.6) is 0 Å². The maximum Gasteiger partial charge on any atom is 0.182 e. The van der Waals surface area contributed by atoms with E-state index < -0.39 is 15.9 Å². The lowest BCUT2D eigenvalue weighted by Crippen LogP contribution is -2.29. The molecule has 1 aliphatic rings. The molecule has 0 spiro atoms. The third-order valence-corrected chi connectivity index (χ3v) is 5.32. The van der Waals surface area contributed by atoms with Crippen LogP contribution in [-0.2, 0) is 14.6 Å². The highest BCUT2D eigenvalue weighted by atomic mass is 35.5. The first-order chi connectivity index (χ1) is 8.50. The topological polar surface area (TPSA) is 63.6 Å². The smallest absolute Gasteiger partial charge is 0.182 e. The van der Waals surface area contributed by atoms with E-state index in [0.29, 0.717) is 19.6 Å². The fourth-order valence-corrected chi connectivity index (χ4v) is 4.04. The minimum Gasteiger partial charge on any atom is -0.392 e. The van der Waals surface area contributed by atoms with Crippen LogP contribution in [-0.4, -0.2) is 38.6 Å². The van der Waals surface area contributed by atoms with Crippen molar-refractivity contribution >= 4 is 21.4 Å². The number of aliphatic hydroxyl groups is 1. The molecule has 100 valence electrons. The van der Waals surface area contributed by atoms with E-state index in [0.717, 1.165) is 0 Å². The normalized spacial score (nSPS) is 22.0. The van der Waals surface area contributed by atoms with Gasteiger partial charge in [0.15, 0.2) is 9.84 Å². The average molecular weight is 291 g/mol. The van der Waals surface area contributed by atoms with Gasteiger partial charge in [-0.25, -0.2) is 8.42 Å². The Morgan fingerprint density at radius 2 is 2.17 bits per heavy atom. The largest absolute Gasteiger partial charge is 0.392 e. The quantitative estimate of drug-likeness (QED) is 0.913. The number of sulfone groups is 1. The number of hydrogen-bond acceptors (Lipinski definition) is 4. The molecule has 6 heteroatoms. The highest BCUT2D eigenvalue weighted by molar-refractivity contribution is 7.91. The van der Waals surface area contributed by atoms with E-state index >= 15 is 0 Å². The van der Waals surface area contributed by atoms with Crippen molar-refractivity contribution in [2.45, 2.75) is 17.4 Å². The van der Waals surface area contributed by atoms with Gasteiger partial charge in [-0.15, -0.1) is 0 Å². The van der Waals surface area contributed by atoms with E-state index in [4.69, 9.17) is 16.3 Å². The zero-order valence-electron chi connectivity index (χ0n) is 9.75. The summed E-state index contributed by atoms with van der Waals surface area (Å²) in [5, 5.41) is 10.1. The summed E-state index contributed by atoms with van der Waals surface area (Å²) in [6.45, 7) is 0.993. The van der Waals surface area contributed by atoms with Gasteiger partial charge in [-0.05, 0) is 18.6 Å². The molecule has 1 heterocycles. The second-order valence-electron chi connectivity index (χ2n) is 4.40. The van der Waals surface area contributed by atoms with Gasteiger partial charge in [0.25, 0.3) is 0 Å². The van der Waals surface area contributed by atoms with Crippen LogP contribution in [0.15, 0.2) is 29.2 Å². The van der Waals surface area contributed by atoms with Gasteiger partial charge in [0.1, 0.15) is 0 Å². The van der Waals surface area contributed by atoms with Gasteiger partial charge in [-0.1, -0.05) is 23.7 Å². The summed E-state index contributed by atoms with van der Waals surface area (Å²) in [6, 6.07) is 6.27. The molecule has 1 aromatic carbocycles. The molecule has 0 bridgehead atoms. The number of halogens is 1. The van der Waals surface area contributed by atoms with Gasteiger partial charge in [0, 0.05) is 12.5 Å². The van der Waals surface area contributed by atoms with Crippen molar-refractivity contribution in [3.8, 4) is 0 Å². The number of ether oxygens (including phenoxy) is 1. The number of rotatable bonds is 4. The highest BCUT2D eigenvalue weighted by Gasteiger charge is 2.29. The van der Waals surface area contributed by atoms with Crippen molar-refractivity contribution in [3.63, 3.8) is 0 Å². The van der Waals surface area contributed by atoms with Gasteiger partial charge in [-0.2, -0.15) is 0 Å². The molecule has 1 saturated heterocycles. The van der Waals surface area contributed by atoms with Crippen LogP contribution in [0.2, 0.25) is 5.02 Å². The molecule has 1 N–H and O–H groups in total. The highest BCUT2D eigenvalue weighted by Crippen LogP contribution is 2.25. The molecular weight excluding hydrogens is 276 g/mol. The van der Waals surface area contributed by atoms with Crippen LogP contribution in [0.4, 0.5) is 0 Å². The van der Waals surface area contributed by atoms with Crippen molar-refractivity contribution in [1.82, 2.24) is 0 Å². The SMILES string of the molecule is O=S(=O)(CC(O)C1CCOC1)c1ccccc1Cl. The van der Waals surface area contributed by atoms with E-state index in [1.54, 1.807) is 12.1 Å². The Bertz CT molecular complexity index is 509. The maximum atomic E-state index is 12.1. The molecule has 1 fully saturated rings. The minimum absolute atomic E-state index is 0.0737. The van der Waals surface area contributed by atoms with Gasteiger partial charge in [0.05, 0.1) is 28.4 Å². The molecule has 1 aromatic rings. The molecule has 2 rings (SSSR count). The Morgan fingerprint density at radius 3 is 2.78 bits per heavy atom. The lowest BCUT2D eigenvalue weighted by molar-refractivity contribution is 0.108. The third-order valence-electron chi connectivity index (χ3n) is 3.07. The summed E-state index contributed by atoms with van der Waals surface area (Å²) in [7, 11) is -3.57. The standard InChI is InChI=1S/C12H15ClO4S/c13-10-3-1-2-4-12(10)18(15,16)8-11(14)9-5-6-17-7-9/h1-4,9,11,14H,5-8H2. The molecule has 2 unspecified atom stereocenters. The summed E-state index contributed by atoms with van der Waals surface area (Å²) in [5.41, 5.74) is 0.